The number of rotatable bonds is 36. The molecule has 0 aromatic heterocycles. The second-order valence-electron chi connectivity index (χ2n) is 22.1. The summed E-state index contributed by atoms with van der Waals surface area (Å²) in [6.45, 7) is 21.8. The summed E-state index contributed by atoms with van der Waals surface area (Å²) >= 11 is 48.2. The van der Waals surface area contributed by atoms with Gasteiger partial charge in [0.2, 0.25) is 0 Å². The number of thiol groups is 12. The molecule has 688 valence electrons. The summed E-state index contributed by atoms with van der Waals surface area (Å²) in [6.07, 6.45) is 2.88. The molecule has 0 bridgehead atoms. The van der Waals surface area contributed by atoms with Crippen LogP contribution in [0.1, 0.15) is 93.5 Å². The molecule has 0 heterocycles. The topological polar surface area (TPSA) is 281 Å². The SMILES string of the molecule is C.C=COCc1ccc(S)cc1.C=COCc1ccc(SS)cc1.CC(=O)OCCS.CC(=O)OCCSS.CC(=O)OCc1ccc(S)cc1.CC(=O)OCc1ccc(SS)cc1.CC(=O)OCc1ccccc1S.CC(=O)OCc1ccccc1SS.O=COCCS.O=COCCSS.O=COCc1ccccc1S.O=COCc1ccccc1SS. The van der Waals surface area contributed by atoms with Gasteiger partial charge in [-0.2, -0.15) is 25.3 Å². The van der Waals surface area contributed by atoms with E-state index in [9.17, 15) is 47.9 Å². The molecule has 125 heavy (non-hydrogen) atoms. The molecule has 0 saturated carbocycles. The molecule has 22 nitrogen and oxygen atoms in total. The van der Waals surface area contributed by atoms with Crippen molar-refractivity contribution in [1.29, 1.82) is 0 Å². The monoisotopic (exact) mass is 2060 g/mol. The molecule has 0 saturated heterocycles. The molecule has 0 spiro atoms. The Balaban J connectivity index is -0.000000421. The zero-order valence-electron chi connectivity index (χ0n) is 68.5. The molecule has 0 aliphatic rings. The van der Waals surface area contributed by atoms with Crippen LogP contribution in [-0.2, 0) is 158 Å². The van der Waals surface area contributed by atoms with E-state index >= 15 is 0 Å². The lowest BCUT2D eigenvalue weighted by Gasteiger charge is -2.05. The Hall–Kier alpha value is -6.16. The summed E-state index contributed by atoms with van der Waals surface area (Å²) in [5.41, 5.74) is 8.04. The van der Waals surface area contributed by atoms with Crippen LogP contribution >= 0.6 is 211 Å². The highest BCUT2D eigenvalue weighted by Gasteiger charge is 2.05. The molecule has 0 radical (unpaired) electrons. The van der Waals surface area contributed by atoms with Gasteiger partial charge >= 0.3 is 35.8 Å². The van der Waals surface area contributed by atoms with Crippen molar-refractivity contribution in [2.24, 2.45) is 0 Å². The Kier molecular flexibility index (Phi) is 94.3. The Bertz CT molecular complexity index is 4130. The normalized spacial score (nSPS) is 9.10. The van der Waals surface area contributed by atoms with E-state index in [0.717, 1.165) is 95.2 Å². The average molecular weight is 2060 g/mol. The van der Waals surface area contributed by atoms with E-state index in [-0.39, 0.29) is 43.2 Å². The maximum Gasteiger partial charge on any atom is 0.302 e. The highest BCUT2D eigenvalue weighted by atomic mass is 33.1. The summed E-state index contributed by atoms with van der Waals surface area (Å²) in [5, 5.41) is 0. The minimum absolute atomic E-state index is 0. The predicted octanol–water partition coefficient (Wildman–Crippen LogP) is 22.4. The molecule has 8 aromatic carbocycles. The molecule has 8 rings (SSSR count). The van der Waals surface area contributed by atoms with Gasteiger partial charge in [-0.1, -0.05) is 207 Å². The van der Waals surface area contributed by atoms with E-state index in [1.54, 1.807) is 0 Å². The third-order valence-corrected chi connectivity index (χ3v) is 20.9. The summed E-state index contributed by atoms with van der Waals surface area (Å²) < 4.78 is 56.2. The van der Waals surface area contributed by atoms with Gasteiger partial charge in [0.05, 0.1) is 19.1 Å². The fourth-order valence-electron chi connectivity index (χ4n) is 7.10. The first-order valence-corrected chi connectivity index (χ1v) is 50.1. The first-order chi connectivity index (χ1) is 59.6. The maximum absolute atomic E-state index is 10.6. The van der Waals surface area contributed by atoms with E-state index < -0.39 is 0 Å². The van der Waals surface area contributed by atoms with Gasteiger partial charge in [-0.15, -0.1) is 120 Å². The van der Waals surface area contributed by atoms with E-state index in [1.807, 2.05) is 194 Å². The van der Waals surface area contributed by atoms with Crippen molar-refractivity contribution < 1.29 is 105 Å². The van der Waals surface area contributed by atoms with Gasteiger partial charge in [0.1, 0.15) is 72.7 Å². The van der Waals surface area contributed by atoms with Crippen molar-refractivity contribution in [3.05, 3.63) is 264 Å². The van der Waals surface area contributed by atoms with Crippen molar-refractivity contribution in [2.75, 3.05) is 49.4 Å². The lowest BCUT2D eigenvalue weighted by molar-refractivity contribution is -0.143. The number of hydrogen-bond acceptors (Lipinski definition) is 40. The number of ether oxygens (including phenoxy) is 12. The van der Waals surface area contributed by atoms with Crippen LogP contribution in [0.15, 0.2) is 259 Å². The van der Waals surface area contributed by atoms with Crippen molar-refractivity contribution in [1.82, 2.24) is 0 Å². The molecule has 8 aromatic rings. The number of carbonyl (C=O) groups excluding carboxylic acids is 10. The van der Waals surface area contributed by atoms with E-state index in [1.165, 1.54) is 119 Å². The molecule has 0 unspecified atom stereocenters. The Morgan fingerprint density at radius 2 is 0.584 bits per heavy atom. The summed E-state index contributed by atoms with van der Waals surface area (Å²) in [5.74, 6) is 1.17. The highest BCUT2D eigenvalue weighted by Crippen LogP contribution is 2.28. The van der Waals surface area contributed by atoms with Crippen molar-refractivity contribution in [3.63, 3.8) is 0 Å². The molecule has 0 aliphatic carbocycles. The highest BCUT2D eigenvalue weighted by molar-refractivity contribution is 8.69. The van der Waals surface area contributed by atoms with Crippen LogP contribution in [0.5, 0.6) is 0 Å². The van der Waals surface area contributed by atoms with Crippen LogP contribution < -0.4 is 0 Å². The first-order valence-electron chi connectivity index (χ1n) is 35.5. The Morgan fingerprint density at radius 3 is 0.888 bits per heavy atom. The van der Waals surface area contributed by atoms with Crippen LogP contribution in [0.4, 0.5) is 0 Å². The third-order valence-electron chi connectivity index (χ3n) is 12.7. The second kappa shape index (κ2) is 92.6. The zero-order valence-corrected chi connectivity index (χ0v) is 84.1. The number of hydrogen-bond donors (Lipinski definition) is 12. The molecular weight excluding hydrogens is 1950 g/mol. The van der Waals surface area contributed by atoms with Crippen LogP contribution in [0.2, 0.25) is 0 Å². The van der Waals surface area contributed by atoms with Crippen LogP contribution in [0, 0.1) is 0 Å². The van der Waals surface area contributed by atoms with E-state index in [0.29, 0.717) is 117 Å². The average Bonchev–Trinajstić information content (AvgIpc) is 0.884. The van der Waals surface area contributed by atoms with Gasteiger partial charge in [-0.05, 0) is 95.1 Å². The number of carbonyl (C=O) groups is 10. The smallest absolute Gasteiger partial charge is 0.302 e. The van der Waals surface area contributed by atoms with Crippen LogP contribution in [-0.4, -0.2) is 111 Å². The standard InChI is InChI=1S/2C9H10O2S2.2C9H10O2S.C9H10OS2.C9H10OS.C8H8O2S2.C8H8O2S.C4H8O2S2.C4H8O2S.C3H6O2S2.C3H6O2S.CH4/c1-7(10)11-6-8-2-4-9(13-12)5-3-8;1-7(10)11-6-8-4-2-3-5-9(8)13-12;1-7(10)11-6-8-2-4-9(12)5-3-8;1-7(10)11-6-8-4-2-3-5-9(8)12;1-2-10-7-8-3-5-9(12-11)6-4-8;1-2-10-7-8-3-5-9(11)6-4-8;9-6-10-5-7-3-1-2-4-8(7)12-11;9-6-10-5-7-3-1-2-4-8(7)11;1-4(5)6-2-3-8-7;1-4(5)6-2-3-7;4-3-5-1-2-7-6;4-3-5-1-2-6;/h2*2-5,12H,6H2,1H3;2*2-5,12H,6H2,1H3;2-6,11H,1,7H2;2-6,11H,1,7H2;1-4,6,11H,5H2;1-4,6,11H,5H2;7H,2-3H2,1H3;7H,2-3H2,1H3;3,6H,1-2H2;3,6H,1-2H2;1H4. The van der Waals surface area contributed by atoms with Crippen molar-refractivity contribution in [3.8, 4) is 0 Å². The van der Waals surface area contributed by atoms with Crippen LogP contribution in [0.25, 0.3) is 0 Å². The number of benzene rings is 8. The maximum atomic E-state index is 10.6. The number of esters is 6. The van der Waals surface area contributed by atoms with E-state index in [4.69, 9.17) is 28.4 Å². The van der Waals surface area contributed by atoms with Gasteiger partial charge in [-0.25, -0.2) is 0 Å². The summed E-state index contributed by atoms with van der Waals surface area (Å²) in [6, 6.07) is 61.4. The summed E-state index contributed by atoms with van der Waals surface area (Å²) in [7, 11) is 8.23. The van der Waals surface area contributed by atoms with Crippen molar-refractivity contribution >= 4 is 272 Å². The fourth-order valence-corrected chi connectivity index (χ4v) is 11.9. The quantitative estimate of drug-likeness (QED) is 0.00331. The minimum atomic E-state index is -0.272. The third kappa shape index (κ3) is 83.2. The molecule has 0 aliphatic heterocycles. The van der Waals surface area contributed by atoms with Crippen molar-refractivity contribution in [2.45, 2.75) is 141 Å². The first kappa shape index (κ1) is 127. The van der Waals surface area contributed by atoms with Gasteiger partial charge in [0.15, 0.2) is 0 Å². The van der Waals surface area contributed by atoms with Crippen LogP contribution in [0.3, 0.4) is 0 Å². The van der Waals surface area contributed by atoms with Gasteiger partial charge in [0, 0.05) is 126 Å². The Morgan fingerprint density at radius 1 is 0.304 bits per heavy atom. The van der Waals surface area contributed by atoms with Gasteiger partial charge in [-0.3, -0.25) is 47.9 Å². The molecule has 0 N–H and O–H groups in total. The lowest BCUT2D eigenvalue weighted by Crippen LogP contribution is -2.01. The predicted molar refractivity (Wildman–Crippen MR) is 548 cm³/mol. The molecule has 40 heteroatoms. The molecule has 0 fully saturated rings. The fraction of sp³-hybridized carbons (Fsp3) is 0.271. The zero-order chi connectivity index (χ0) is 93.6. The molecular formula is C85H108O22S18. The minimum Gasteiger partial charge on any atom is -0.497 e. The second-order valence-corrected chi connectivity index (χ2v) is 32.6. The molecule has 0 atom stereocenters. The van der Waals surface area contributed by atoms with Gasteiger partial charge < -0.3 is 56.8 Å². The van der Waals surface area contributed by atoms with E-state index in [2.05, 4.69) is 187 Å². The summed E-state index contributed by atoms with van der Waals surface area (Å²) in [4.78, 5) is 108. The Labute approximate surface area is 823 Å². The lowest BCUT2D eigenvalue weighted by atomic mass is 10.2. The van der Waals surface area contributed by atoms with Gasteiger partial charge in [0.25, 0.3) is 25.9 Å². The molecule has 0 amide bonds. The largest absolute Gasteiger partial charge is 0.497 e.